The molecule has 0 spiro atoms. The molecule has 2 aromatic carbocycles. The fraction of sp³-hybridized carbons (Fsp3) is 0.538. The summed E-state index contributed by atoms with van der Waals surface area (Å²) in [6.45, 7) is 7.63. The van der Waals surface area contributed by atoms with E-state index in [2.05, 4.69) is 85.5 Å². The summed E-state index contributed by atoms with van der Waals surface area (Å²) < 4.78 is 0. The van der Waals surface area contributed by atoms with Crippen molar-refractivity contribution in [3.63, 3.8) is 0 Å². The SMILES string of the molecule is C[C@H]1[C@H]2Cc3ccc(Nc4ccc(N(C)C)cc4)cc3[C@]1(C)CCN2CC1CC1. The highest BCUT2D eigenvalue weighted by molar-refractivity contribution is 5.64. The zero-order valence-electron chi connectivity index (χ0n) is 18.4. The molecular formula is C26H35N3. The molecule has 29 heavy (non-hydrogen) atoms. The van der Waals surface area contributed by atoms with Gasteiger partial charge in [-0.25, -0.2) is 0 Å². The summed E-state index contributed by atoms with van der Waals surface area (Å²) in [5, 5.41) is 3.64. The number of hydrogen-bond donors (Lipinski definition) is 1. The van der Waals surface area contributed by atoms with E-state index in [1.54, 1.807) is 11.1 Å². The van der Waals surface area contributed by atoms with Gasteiger partial charge in [0.25, 0.3) is 0 Å². The highest BCUT2D eigenvalue weighted by atomic mass is 15.2. The molecule has 2 aliphatic carbocycles. The Kier molecular flexibility index (Phi) is 4.62. The molecule has 154 valence electrons. The molecule has 1 N–H and O–H groups in total. The molecule has 0 aromatic heterocycles. The molecule has 1 heterocycles. The Hall–Kier alpha value is -2.00. The maximum absolute atomic E-state index is 3.64. The number of likely N-dealkylation sites (tertiary alicyclic amines) is 1. The van der Waals surface area contributed by atoms with Crippen LogP contribution in [0.3, 0.4) is 0 Å². The quantitative estimate of drug-likeness (QED) is 0.735. The monoisotopic (exact) mass is 389 g/mol. The lowest BCUT2D eigenvalue weighted by atomic mass is 9.59. The van der Waals surface area contributed by atoms with Crippen molar-refractivity contribution in [2.24, 2.45) is 11.8 Å². The van der Waals surface area contributed by atoms with E-state index in [0.29, 0.717) is 5.41 Å². The van der Waals surface area contributed by atoms with E-state index in [4.69, 9.17) is 0 Å². The van der Waals surface area contributed by atoms with Crippen LogP contribution in [0.1, 0.15) is 44.2 Å². The van der Waals surface area contributed by atoms with Crippen LogP contribution in [0, 0.1) is 11.8 Å². The minimum atomic E-state index is 0.296. The van der Waals surface area contributed by atoms with E-state index in [-0.39, 0.29) is 0 Å². The average Bonchev–Trinajstić information content (AvgIpc) is 3.52. The van der Waals surface area contributed by atoms with Gasteiger partial charge in [-0.3, -0.25) is 4.90 Å². The first-order valence-electron chi connectivity index (χ1n) is 11.4. The van der Waals surface area contributed by atoms with Gasteiger partial charge in [-0.1, -0.05) is 19.9 Å². The lowest BCUT2D eigenvalue weighted by Crippen LogP contribution is -2.58. The van der Waals surface area contributed by atoms with Crippen LogP contribution >= 0.6 is 0 Å². The maximum Gasteiger partial charge on any atom is 0.0387 e. The van der Waals surface area contributed by atoms with Crippen molar-refractivity contribution in [2.45, 2.75) is 51.0 Å². The third kappa shape index (κ3) is 3.44. The Labute approximate surface area is 176 Å². The Balaban J connectivity index is 1.39. The lowest BCUT2D eigenvalue weighted by Gasteiger charge is -2.55. The van der Waals surface area contributed by atoms with Crippen molar-refractivity contribution < 1.29 is 0 Å². The number of rotatable bonds is 5. The molecule has 2 bridgehead atoms. The van der Waals surface area contributed by atoms with Gasteiger partial charge in [0.15, 0.2) is 0 Å². The average molecular weight is 390 g/mol. The number of fused-ring (bicyclic) bond motifs is 4. The third-order valence-electron chi connectivity index (χ3n) is 7.99. The van der Waals surface area contributed by atoms with Crippen LogP contribution in [-0.4, -0.2) is 38.1 Å². The van der Waals surface area contributed by atoms with Gasteiger partial charge in [0.1, 0.15) is 0 Å². The number of nitrogens with zero attached hydrogens (tertiary/aromatic N) is 2. The van der Waals surface area contributed by atoms with E-state index in [9.17, 15) is 0 Å². The normalized spacial score (nSPS) is 28.7. The van der Waals surface area contributed by atoms with Crippen molar-refractivity contribution in [1.82, 2.24) is 4.90 Å². The summed E-state index contributed by atoms with van der Waals surface area (Å²) in [7, 11) is 4.16. The second-order valence-electron chi connectivity index (χ2n) is 10.1. The second-order valence-corrected chi connectivity index (χ2v) is 10.1. The maximum atomic E-state index is 3.64. The standard InChI is InChI=1S/C26H35N3/c1-18-25-15-20-7-8-22(27-21-9-11-23(12-10-21)28(3)4)16-24(20)26(18,2)13-14-29(25)17-19-5-6-19/h7-12,16,18-19,25,27H,5-6,13-15,17H2,1-4H3/t18-,25+,26+/m0/s1. The van der Waals surface area contributed by atoms with Crippen molar-refractivity contribution in [1.29, 1.82) is 0 Å². The van der Waals surface area contributed by atoms with Crippen LogP contribution in [0.15, 0.2) is 42.5 Å². The summed E-state index contributed by atoms with van der Waals surface area (Å²) >= 11 is 0. The lowest BCUT2D eigenvalue weighted by molar-refractivity contribution is 0.0284. The van der Waals surface area contributed by atoms with Gasteiger partial charge in [0.2, 0.25) is 0 Å². The molecule has 1 saturated heterocycles. The van der Waals surface area contributed by atoms with Crippen LogP contribution in [-0.2, 0) is 11.8 Å². The van der Waals surface area contributed by atoms with Crippen molar-refractivity contribution in [3.05, 3.63) is 53.6 Å². The Morgan fingerprint density at radius 1 is 1.07 bits per heavy atom. The molecule has 3 nitrogen and oxygen atoms in total. The Morgan fingerprint density at radius 3 is 2.48 bits per heavy atom. The van der Waals surface area contributed by atoms with E-state index in [1.165, 1.54) is 50.1 Å². The molecule has 0 radical (unpaired) electrons. The molecule has 3 atom stereocenters. The summed E-state index contributed by atoms with van der Waals surface area (Å²) in [6.07, 6.45) is 5.41. The summed E-state index contributed by atoms with van der Waals surface area (Å²) in [6, 6.07) is 16.5. The van der Waals surface area contributed by atoms with Gasteiger partial charge < -0.3 is 10.2 Å². The largest absolute Gasteiger partial charge is 0.378 e. The third-order valence-corrected chi connectivity index (χ3v) is 7.99. The number of benzene rings is 2. The first kappa shape index (κ1) is 19.0. The number of anilines is 3. The highest BCUT2D eigenvalue weighted by Crippen LogP contribution is 2.50. The first-order valence-corrected chi connectivity index (χ1v) is 11.4. The molecule has 0 unspecified atom stereocenters. The minimum Gasteiger partial charge on any atom is -0.378 e. The highest BCUT2D eigenvalue weighted by Gasteiger charge is 2.49. The van der Waals surface area contributed by atoms with Crippen LogP contribution in [0.2, 0.25) is 0 Å². The van der Waals surface area contributed by atoms with Gasteiger partial charge in [-0.2, -0.15) is 0 Å². The summed E-state index contributed by atoms with van der Waals surface area (Å²) in [4.78, 5) is 4.96. The smallest absolute Gasteiger partial charge is 0.0387 e. The van der Waals surface area contributed by atoms with E-state index < -0.39 is 0 Å². The molecule has 5 rings (SSSR count). The molecular weight excluding hydrogens is 354 g/mol. The predicted molar refractivity (Wildman–Crippen MR) is 123 cm³/mol. The predicted octanol–water partition coefficient (Wildman–Crippen LogP) is 5.43. The topological polar surface area (TPSA) is 18.5 Å². The van der Waals surface area contributed by atoms with Gasteiger partial charge in [-0.15, -0.1) is 0 Å². The number of hydrogen-bond acceptors (Lipinski definition) is 3. The number of piperidine rings is 1. The van der Waals surface area contributed by atoms with Gasteiger partial charge in [0.05, 0.1) is 0 Å². The molecule has 3 aliphatic rings. The van der Waals surface area contributed by atoms with Gasteiger partial charge in [-0.05, 0) is 97.0 Å². The fourth-order valence-corrected chi connectivity index (χ4v) is 5.65. The molecule has 2 aromatic rings. The molecule has 2 fully saturated rings. The number of nitrogens with one attached hydrogen (secondary N) is 1. The summed E-state index contributed by atoms with van der Waals surface area (Å²) in [5.41, 5.74) is 7.05. The van der Waals surface area contributed by atoms with Crippen LogP contribution < -0.4 is 10.2 Å². The van der Waals surface area contributed by atoms with Crippen molar-refractivity contribution >= 4 is 17.1 Å². The molecule has 1 saturated carbocycles. The Bertz CT molecular complexity index is 883. The van der Waals surface area contributed by atoms with Crippen molar-refractivity contribution in [2.75, 3.05) is 37.4 Å². The van der Waals surface area contributed by atoms with E-state index >= 15 is 0 Å². The van der Waals surface area contributed by atoms with Crippen LogP contribution in [0.5, 0.6) is 0 Å². The van der Waals surface area contributed by atoms with Crippen LogP contribution in [0.4, 0.5) is 17.1 Å². The Morgan fingerprint density at radius 2 is 1.79 bits per heavy atom. The molecule has 1 aliphatic heterocycles. The summed E-state index contributed by atoms with van der Waals surface area (Å²) in [5.74, 6) is 1.70. The van der Waals surface area contributed by atoms with Crippen LogP contribution in [0.25, 0.3) is 0 Å². The fourth-order valence-electron chi connectivity index (χ4n) is 5.65. The van der Waals surface area contributed by atoms with Gasteiger partial charge >= 0.3 is 0 Å². The van der Waals surface area contributed by atoms with Crippen molar-refractivity contribution in [3.8, 4) is 0 Å². The second kappa shape index (κ2) is 7.05. The zero-order valence-corrected chi connectivity index (χ0v) is 18.4. The zero-order chi connectivity index (χ0) is 20.2. The van der Waals surface area contributed by atoms with E-state index in [0.717, 1.165) is 23.6 Å². The molecule has 0 amide bonds. The first-order chi connectivity index (χ1) is 13.9. The van der Waals surface area contributed by atoms with Gasteiger partial charge in [0, 0.05) is 43.7 Å². The van der Waals surface area contributed by atoms with E-state index in [1.807, 2.05) is 0 Å². The minimum absolute atomic E-state index is 0.296. The molecule has 3 heteroatoms.